The first-order valence-corrected chi connectivity index (χ1v) is 7.85. The number of unbranched alkanes of at least 4 members (excludes halogenated alkanes) is 1. The summed E-state index contributed by atoms with van der Waals surface area (Å²) in [4.78, 5) is 2.62. The summed E-state index contributed by atoms with van der Waals surface area (Å²) in [7, 11) is 2.34. The van der Waals surface area contributed by atoms with Crippen molar-refractivity contribution >= 4 is 0 Å². The first-order chi connectivity index (χ1) is 8.15. The molecule has 0 aromatic heterocycles. The van der Waals surface area contributed by atoms with E-state index in [0.29, 0.717) is 0 Å². The van der Waals surface area contributed by atoms with Crippen LogP contribution in [0.4, 0.5) is 0 Å². The van der Waals surface area contributed by atoms with Crippen LogP contribution in [0.15, 0.2) is 0 Å². The van der Waals surface area contributed by atoms with Gasteiger partial charge in [-0.1, -0.05) is 46.0 Å². The van der Waals surface area contributed by atoms with Crippen LogP contribution in [-0.4, -0.2) is 24.5 Å². The highest BCUT2D eigenvalue weighted by molar-refractivity contribution is 4.75. The van der Waals surface area contributed by atoms with E-state index in [0.717, 1.165) is 17.9 Å². The fourth-order valence-corrected chi connectivity index (χ4v) is 3.14. The molecule has 1 aliphatic carbocycles. The molecular weight excluding hydrogens is 206 g/mol. The summed E-state index contributed by atoms with van der Waals surface area (Å²) in [5.41, 5.74) is 0. The second-order valence-corrected chi connectivity index (χ2v) is 6.30. The van der Waals surface area contributed by atoms with E-state index in [9.17, 15) is 0 Å². The van der Waals surface area contributed by atoms with E-state index in [1.807, 2.05) is 0 Å². The van der Waals surface area contributed by atoms with Crippen molar-refractivity contribution in [1.82, 2.24) is 4.90 Å². The molecule has 17 heavy (non-hydrogen) atoms. The normalized spacial score (nSPS) is 21.7. The Labute approximate surface area is 109 Å². The van der Waals surface area contributed by atoms with Crippen molar-refractivity contribution in [3.8, 4) is 0 Å². The number of rotatable bonds is 7. The Balaban J connectivity index is 2.26. The first-order valence-electron chi connectivity index (χ1n) is 7.85. The lowest BCUT2D eigenvalue weighted by Crippen LogP contribution is -2.38. The highest BCUT2D eigenvalue weighted by Gasteiger charge is 2.21. The van der Waals surface area contributed by atoms with E-state index in [-0.39, 0.29) is 0 Å². The highest BCUT2D eigenvalue weighted by Crippen LogP contribution is 2.26. The lowest BCUT2D eigenvalue weighted by molar-refractivity contribution is 0.149. The van der Waals surface area contributed by atoms with E-state index in [1.54, 1.807) is 0 Å². The standard InChI is InChI=1S/C16H33N/c1-5-6-10-14(2)15(3)17(4)13-16-11-8-7-9-12-16/h14-16H,5-13H2,1-4H3. The zero-order valence-corrected chi connectivity index (χ0v) is 12.5. The number of hydrogen-bond donors (Lipinski definition) is 0. The van der Waals surface area contributed by atoms with Crippen LogP contribution in [0, 0.1) is 11.8 Å². The van der Waals surface area contributed by atoms with Crippen LogP contribution in [-0.2, 0) is 0 Å². The van der Waals surface area contributed by atoms with Gasteiger partial charge in [0.2, 0.25) is 0 Å². The van der Waals surface area contributed by atoms with Gasteiger partial charge in [-0.2, -0.15) is 0 Å². The maximum absolute atomic E-state index is 2.62. The molecule has 102 valence electrons. The summed E-state index contributed by atoms with van der Waals surface area (Å²) < 4.78 is 0. The molecule has 0 aliphatic heterocycles. The van der Waals surface area contributed by atoms with Gasteiger partial charge < -0.3 is 4.90 Å². The monoisotopic (exact) mass is 239 g/mol. The Morgan fingerprint density at radius 3 is 2.35 bits per heavy atom. The Morgan fingerprint density at radius 2 is 1.76 bits per heavy atom. The second kappa shape index (κ2) is 8.13. The molecule has 1 heteroatoms. The molecule has 1 fully saturated rings. The van der Waals surface area contributed by atoms with Crippen molar-refractivity contribution < 1.29 is 0 Å². The van der Waals surface area contributed by atoms with E-state index >= 15 is 0 Å². The fraction of sp³-hybridized carbons (Fsp3) is 1.00. The number of nitrogens with zero attached hydrogens (tertiary/aromatic N) is 1. The molecule has 0 spiro atoms. The maximum atomic E-state index is 2.62. The molecule has 0 amide bonds. The van der Waals surface area contributed by atoms with Gasteiger partial charge in [-0.25, -0.2) is 0 Å². The lowest BCUT2D eigenvalue weighted by atomic mass is 9.88. The third-order valence-corrected chi connectivity index (χ3v) is 4.80. The molecule has 0 heterocycles. The predicted octanol–water partition coefficient (Wildman–Crippen LogP) is 4.71. The van der Waals surface area contributed by atoms with Gasteiger partial charge in [0, 0.05) is 12.6 Å². The molecule has 0 saturated heterocycles. The van der Waals surface area contributed by atoms with Crippen molar-refractivity contribution in [2.24, 2.45) is 11.8 Å². The minimum absolute atomic E-state index is 0.753. The smallest absolute Gasteiger partial charge is 0.00896 e. The molecule has 1 rings (SSSR count). The average Bonchev–Trinajstić information content (AvgIpc) is 2.36. The van der Waals surface area contributed by atoms with Gasteiger partial charge in [0.05, 0.1) is 0 Å². The van der Waals surface area contributed by atoms with Gasteiger partial charge in [0.1, 0.15) is 0 Å². The quantitative estimate of drug-likeness (QED) is 0.622. The first kappa shape index (κ1) is 15.0. The van der Waals surface area contributed by atoms with E-state index in [2.05, 4.69) is 32.7 Å². The van der Waals surface area contributed by atoms with E-state index in [4.69, 9.17) is 0 Å². The minimum Gasteiger partial charge on any atom is -0.303 e. The van der Waals surface area contributed by atoms with Gasteiger partial charge in [-0.05, 0) is 45.1 Å². The SMILES string of the molecule is CCCCC(C)C(C)N(C)CC1CCCCC1. The van der Waals surface area contributed by atoms with E-state index < -0.39 is 0 Å². The number of hydrogen-bond acceptors (Lipinski definition) is 1. The molecule has 2 unspecified atom stereocenters. The summed E-state index contributed by atoms with van der Waals surface area (Å²) in [5.74, 6) is 1.83. The van der Waals surface area contributed by atoms with Crippen molar-refractivity contribution in [2.45, 2.75) is 78.2 Å². The van der Waals surface area contributed by atoms with Crippen LogP contribution >= 0.6 is 0 Å². The van der Waals surface area contributed by atoms with Crippen LogP contribution < -0.4 is 0 Å². The summed E-state index contributed by atoms with van der Waals surface area (Å²) in [6.07, 6.45) is 11.5. The molecular formula is C16H33N. The Morgan fingerprint density at radius 1 is 1.12 bits per heavy atom. The summed E-state index contributed by atoms with van der Waals surface area (Å²) in [6, 6.07) is 0.753. The molecule has 0 aromatic rings. The van der Waals surface area contributed by atoms with Crippen LogP contribution in [0.3, 0.4) is 0 Å². The maximum Gasteiger partial charge on any atom is 0.00896 e. The molecule has 0 N–H and O–H groups in total. The van der Waals surface area contributed by atoms with Gasteiger partial charge in [-0.15, -0.1) is 0 Å². The molecule has 1 nitrogen and oxygen atoms in total. The Bertz CT molecular complexity index is 184. The summed E-state index contributed by atoms with van der Waals surface area (Å²) >= 11 is 0. The Hall–Kier alpha value is -0.0400. The molecule has 0 bridgehead atoms. The summed E-state index contributed by atoms with van der Waals surface area (Å²) in [5, 5.41) is 0. The van der Waals surface area contributed by atoms with Crippen LogP contribution in [0.5, 0.6) is 0 Å². The van der Waals surface area contributed by atoms with Crippen LogP contribution in [0.2, 0.25) is 0 Å². The van der Waals surface area contributed by atoms with Crippen LogP contribution in [0.25, 0.3) is 0 Å². The zero-order valence-electron chi connectivity index (χ0n) is 12.5. The fourth-order valence-electron chi connectivity index (χ4n) is 3.14. The topological polar surface area (TPSA) is 3.24 Å². The van der Waals surface area contributed by atoms with Gasteiger partial charge in [-0.3, -0.25) is 0 Å². The molecule has 1 aliphatic rings. The van der Waals surface area contributed by atoms with Gasteiger partial charge in [0.15, 0.2) is 0 Å². The van der Waals surface area contributed by atoms with Gasteiger partial charge >= 0.3 is 0 Å². The third-order valence-electron chi connectivity index (χ3n) is 4.80. The van der Waals surface area contributed by atoms with Crippen molar-refractivity contribution in [1.29, 1.82) is 0 Å². The zero-order chi connectivity index (χ0) is 12.7. The predicted molar refractivity (Wildman–Crippen MR) is 77.4 cm³/mol. The van der Waals surface area contributed by atoms with Crippen molar-refractivity contribution in [3.05, 3.63) is 0 Å². The molecule has 2 atom stereocenters. The largest absolute Gasteiger partial charge is 0.303 e. The average molecular weight is 239 g/mol. The second-order valence-electron chi connectivity index (χ2n) is 6.30. The molecule has 1 saturated carbocycles. The minimum atomic E-state index is 0.753. The summed E-state index contributed by atoms with van der Waals surface area (Å²) in [6.45, 7) is 8.47. The van der Waals surface area contributed by atoms with E-state index in [1.165, 1.54) is 57.9 Å². The lowest BCUT2D eigenvalue weighted by Gasteiger charge is -2.34. The van der Waals surface area contributed by atoms with Crippen molar-refractivity contribution in [3.63, 3.8) is 0 Å². The third kappa shape index (κ3) is 5.42. The molecule has 0 radical (unpaired) electrons. The van der Waals surface area contributed by atoms with Gasteiger partial charge in [0.25, 0.3) is 0 Å². The van der Waals surface area contributed by atoms with Crippen molar-refractivity contribution in [2.75, 3.05) is 13.6 Å². The highest BCUT2D eigenvalue weighted by atomic mass is 15.1. The molecule has 0 aromatic carbocycles. The van der Waals surface area contributed by atoms with Crippen LogP contribution in [0.1, 0.15) is 72.1 Å². The Kier molecular flexibility index (Phi) is 7.18.